The van der Waals surface area contributed by atoms with E-state index in [0.29, 0.717) is 32.6 Å². The normalized spacial score (nSPS) is 18.1. The van der Waals surface area contributed by atoms with Gasteiger partial charge in [-0.25, -0.2) is 0 Å². The molecule has 1 aliphatic heterocycles. The van der Waals surface area contributed by atoms with Crippen molar-refractivity contribution in [2.75, 3.05) is 26.7 Å². The number of piperazine rings is 1. The maximum Gasteiger partial charge on any atom is 0.238 e. The number of benzene rings is 1. The highest BCUT2D eigenvalue weighted by Gasteiger charge is 2.27. The van der Waals surface area contributed by atoms with Gasteiger partial charge in [-0.2, -0.15) is 5.10 Å². The fourth-order valence-electron chi connectivity index (χ4n) is 2.89. The molecule has 0 radical (unpaired) electrons. The maximum atomic E-state index is 12.4. The minimum absolute atomic E-state index is 0.0555. The zero-order valence-electron chi connectivity index (χ0n) is 13.2. The molecule has 1 fully saturated rings. The number of likely N-dealkylation sites (N-methyl/N-ethyl adjacent to an activating group) is 1. The molecule has 2 aromatic rings. The van der Waals surface area contributed by atoms with E-state index in [2.05, 4.69) is 15.7 Å². The lowest BCUT2D eigenvalue weighted by atomic mass is 10.2. The van der Waals surface area contributed by atoms with E-state index in [1.54, 1.807) is 11.9 Å². The quantitative estimate of drug-likeness (QED) is 0.831. The number of carbonyl (C=O) groups is 2. The monoisotopic (exact) mass is 315 g/mol. The van der Waals surface area contributed by atoms with Crippen molar-refractivity contribution in [1.82, 2.24) is 25.3 Å². The lowest BCUT2D eigenvalue weighted by Gasteiger charge is -2.32. The van der Waals surface area contributed by atoms with Crippen molar-refractivity contribution in [2.45, 2.75) is 19.0 Å². The highest BCUT2D eigenvalue weighted by Crippen LogP contribution is 2.13. The summed E-state index contributed by atoms with van der Waals surface area (Å²) in [5.41, 5.74) is 1.03. The molecule has 1 aromatic heterocycles. The molecule has 7 heteroatoms. The van der Waals surface area contributed by atoms with E-state index < -0.39 is 0 Å². The van der Waals surface area contributed by atoms with Crippen LogP contribution in [0, 0.1) is 0 Å². The zero-order chi connectivity index (χ0) is 16.2. The molecule has 7 nitrogen and oxygen atoms in total. The Morgan fingerprint density at radius 2 is 2.22 bits per heavy atom. The Bertz CT molecular complexity index is 711. The van der Waals surface area contributed by atoms with E-state index >= 15 is 0 Å². The number of amides is 2. The highest BCUT2D eigenvalue weighted by molar-refractivity contribution is 5.84. The van der Waals surface area contributed by atoms with Gasteiger partial charge in [-0.05, 0) is 6.07 Å². The van der Waals surface area contributed by atoms with E-state index in [4.69, 9.17) is 0 Å². The minimum Gasteiger partial charge on any atom is -0.358 e. The first-order valence-electron chi connectivity index (χ1n) is 7.82. The van der Waals surface area contributed by atoms with Crippen LogP contribution >= 0.6 is 0 Å². The van der Waals surface area contributed by atoms with Crippen molar-refractivity contribution in [1.29, 1.82) is 0 Å². The molecule has 2 N–H and O–H groups in total. The summed E-state index contributed by atoms with van der Waals surface area (Å²) < 4.78 is 1.85. The molecule has 1 unspecified atom stereocenters. The average Bonchev–Trinajstić information content (AvgIpc) is 3.02. The van der Waals surface area contributed by atoms with Crippen molar-refractivity contribution in [3.05, 3.63) is 30.5 Å². The largest absolute Gasteiger partial charge is 0.358 e. The fraction of sp³-hybridized carbons (Fsp3) is 0.438. The molecule has 1 atom stereocenters. The van der Waals surface area contributed by atoms with E-state index in [9.17, 15) is 9.59 Å². The van der Waals surface area contributed by atoms with Crippen molar-refractivity contribution < 1.29 is 9.59 Å². The molecule has 3 rings (SSSR count). The summed E-state index contributed by atoms with van der Waals surface area (Å²) in [6.45, 7) is 2.22. The number of carbonyl (C=O) groups excluding carboxylic acids is 2. The highest BCUT2D eigenvalue weighted by atomic mass is 16.2. The van der Waals surface area contributed by atoms with Crippen molar-refractivity contribution in [2.24, 2.45) is 0 Å². The van der Waals surface area contributed by atoms with Crippen LogP contribution in [0.4, 0.5) is 0 Å². The van der Waals surface area contributed by atoms with Crippen LogP contribution in [0.2, 0.25) is 0 Å². The topological polar surface area (TPSA) is 79.3 Å². The summed E-state index contributed by atoms with van der Waals surface area (Å²) in [5.74, 6) is -0.0273. The third kappa shape index (κ3) is 3.34. The average molecular weight is 315 g/mol. The molecule has 1 saturated heterocycles. The van der Waals surface area contributed by atoms with Crippen LogP contribution in [0.25, 0.3) is 10.9 Å². The molecule has 1 aromatic carbocycles. The summed E-state index contributed by atoms with van der Waals surface area (Å²) in [4.78, 5) is 25.9. The minimum atomic E-state index is -0.330. The fourth-order valence-corrected chi connectivity index (χ4v) is 2.89. The Morgan fingerprint density at radius 1 is 1.39 bits per heavy atom. The van der Waals surface area contributed by atoms with Gasteiger partial charge in [0.05, 0.1) is 18.3 Å². The summed E-state index contributed by atoms with van der Waals surface area (Å²) in [5, 5.41) is 11.1. The van der Waals surface area contributed by atoms with Gasteiger partial charge in [0.25, 0.3) is 0 Å². The van der Waals surface area contributed by atoms with Crippen LogP contribution in [0.15, 0.2) is 30.5 Å². The summed E-state index contributed by atoms with van der Waals surface area (Å²) in [7, 11) is 1.60. The summed E-state index contributed by atoms with van der Waals surface area (Å²) >= 11 is 0. The summed E-state index contributed by atoms with van der Waals surface area (Å²) in [6, 6.07) is 7.61. The second-order valence-corrected chi connectivity index (χ2v) is 5.64. The smallest absolute Gasteiger partial charge is 0.238 e. The standard InChI is InChI=1S/C16H21N5O2/c1-17-16(23)13-11-20(9-7-18-13)15(22)6-8-21-14-5-3-2-4-12(14)10-19-21/h2-5,10,13,18H,6-9,11H2,1H3,(H,17,23). The molecule has 0 spiro atoms. The SMILES string of the molecule is CNC(=O)C1CN(C(=O)CCn2ncc3ccccc32)CCN1. The van der Waals surface area contributed by atoms with Crippen LogP contribution in [0.3, 0.4) is 0 Å². The molecule has 2 heterocycles. The van der Waals surface area contributed by atoms with Gasteiger partial charge in [0.1, 0.15) is 6.04 Å². The van der Waals surface area contributed by atoms with Crippen molar-refractivity contribution in [3.63, 3.8) is 0 Å². The number of rotatable bonds is 4. The molecule has 122 valence electrons. The first-order valence-corrected chi connectivity index (χ1v) is 7.82. The van der Waals surface area contributed by atoms with E-state index in [0.717, 1.165) is 10.9 Å². The third-order valence-electron chi connectivity index (χ3n) is 4.18. The van der Waals surface area contributed by atoms with E-state index in [1.807, 2.05) is 35.1 Å². The number of nitrogens with zero attached hydrogens (tertiary/aromatic N) is 3. The molecule has 0 aliphatic carbocycles. The Hall–Kier alpha value is -2.41. The molecule has 0 bridgehead atoms. The summed E-state index contributed by atoms with van der Waals surface area (Å²) in [6.07, 6.45) is 2.19. The zero-order valence-corrected chi connectivity index (χ0v) is 13.2. The molecular weight excluding hydrogens is 294 g/mol. The molecule has 0 saturated carbocycles. The molecule has 1 aliphatic rings. The number of hydrogen-bond donors (Lipinski definition) is 2. The van der Waals surface area contributed by atoms with Gasteiger partial charge >= 0.3 is 0 Å². The number of fused-ring (bicyclic) bond motifs is 1. The van der Waals surface area contributed by atoms with Gasteiger partial charge in [0.15, 0.2) is 0 Å². The number of aromatic nitrogens is 2. The first kappa shape index (κ1) is 15.5. The van der Waals surface area contributed by atoms with Gasteiger partial charge < -0.3 is 15.5 Å². The number of hydrogen-bond acceptors (Lipinski definition) is 4. The van der Waals surface area contributed by atoms with Gasteiger partial charge in [-0.15, -0.1) is 0 Å². The Morgan fingerprint density at radius 3 is 3.04 bits per heavy atom. The molecule has 23 heavy (non-hydrogen) atoms. The predicted molar refractivity (Wildman–Crippen MR) is 86.8 cm³/mol. The maximum absolute atomic E-state index is 12.4. The van der Waals surface area contributed by atoms with E-state index in [1.165, 1.54) is 0 Å². The second-order valence-electron chi connectivity index (χ2n) is 5.64. The van der Waals surface area contributed by atoms with Crippen LogP contribution in [0.1, 0.15) is 6.42 Å². The number of aryl methyl sites for hydroxylation is 1. The van der Waals surface area contributed by atoms with Crippen molar-refractivity contribution in [3.8, 4) is 0 Å². The van der Waals surface area contributed by atoms with Gasteiger partial charge in [0.2, 0.25) is 11.8 Å². The first-order chi connectivity index (χ1) is 11.2. The number of para-hydroxylation sites is 1. The van der Waals surface area contributed by atoms with Crippen LogP contribution in [-0.2, 0) is 16.1 Å². The molecular formula is C16H21N5O2. The lowest BCUT2D eigenvalue weighted by Crippen LogP contribution is -2.58. The van der Waals surface area contributed by atoms with Crippen LogP contribution < -0.4 is 10.6 Å². The Labute approximate surface area is 134 Å². The van der Waals surface area contributed by atoms with Crippen molar-refractivity contribution >= 4 is 22.7 Å². The number of nitrogens with one attached hydrogen (secondary N) is 2. The van der Waals surface area contributed by atoms with Crippen LogP contribution in [-0.4, -0.2) is 59.2 Å². The Balaban J connectivity index is 1.60. The predicted octanol–water partition coefficient (Wildman–Crippen LogP) is -0.0272. The van der Waals surface area contributed by atoms with Gasteiger partial charge in [0, 0.05) is 38.5 Å². The third-order valence-corrected chi connectivity index (χ3v) is 4.18. The van der Waals surface area contributed by atoms with Gasteiger partial charge in [-0.3, -0.25) is 14.3 Å². The van der Waals surface area contributed by atoms with E-state index in [-0.39, 0.29) is 17.9 Å². The van der Waals surface area contributed by atoms with Gasteiger partial charge in [-0.1, -0.05) is 18.2 Å². The molecule has 2 amide bonds. The lowest BCUT2D eigenvalue weighted by molar-refractivity contribution is -0.134. The van der Waals surface area contributed by atoms with Crippen LogP contribution in [0.5, 0.6) is 0 Å². The Kier molecular flexibility index (Phi) is 4.57. The second kappa shape index (κ2) is 6.78.